The number of phenols is 1. The standard InChI is InChI=1S/C23H30N2O3/c1-18(17-19-7-9-22(27)10-8-19)24-14-11-21(12-15-24)25(23(28)13-16-26)20-5-3-2-4-6-20/h2-10,18,21,26-27H,11-17H2,1H3. The number of amides is 1. The summed E-state index contributed by atoms with van der Waals surface area (Å²) in [5, 5.41) is 18.7. The maximum absolute atomic E-state index is 12.7. The molecule has 1 saturated heterocycles. The first-order valence-electron chi connectivity index (χ1n) is 10.1. The van der Waals surface area contributed by atoms with Crippen molar-refractivity contribution in [1.82, 2.24) is 4.90 Å². The van der Waals surface area contributed by atoms with Gasteiger partial charge in [0.25, 0.3) is 0 Å². The molecule has 2 N–H and O–H groups in total. The molecule has 3 rings (SSSR count). The number of carbonyl (C=O) groups excluding carboxylic acids is 1. The van der Waals surface area contributed by atoms with E-state index in [-0.39, 0.29) is 25.0 Å². The smallest absolute Gasteiger partial charge is 0.229 e. The van der Waals surface area contributed by atoms with Gasteiger partial charge < -0.3 is 20.0 Å². The monoisotopic (exact) mass is 382 g/mol. The van der Waals surface area contributed by atoms with Crippen LogP contribution in [0.1, 0.15) is 31.7 Å². The molecule has 5 nitrogen and oxygen atoms in total. The molecule has 1 unspecified atom stereocenters. The van der Waals surface area contributed by atoms with E-state index < -0.39 is 0 Å². The Balaban J connectivity index is 1.61. The van der Waals surface area contributed by atoms with E-state index in [9.17, 15) is 15.0 Å². The molecule has 0 radical (unpaired) electrons. The highest BCUT2D eigenvalue weighted by Gasteiger charge is 2.30. The van der Waals surface area contributed by atoms with Gasteiger partial charge in [-0.1, -0.05) is 30.3 Å². The van der Waals surface area contributed by atoms with Crippen LogP contribution in [0.3, 0.4) is 0 Å². The number of aromatic hydroxyl groups is 1. The summed E-state index contributed by atoms with van der Waals surface area (Å²) in [5.74, 6) is 0.287. The Morgan fingerprint density at radius 2 is 1.75 bits per heavy atom. The summed E-state index contributed by atoms with van der Waals surface area (Å²) in [5.41, 5.74) is 2.13. The number of nitrogens with zero attached hydrogens (tertiary/aromatic N) is 2. The summed E-state index contributed by atoms with van der Waals surface area (Å²) in [6, 6.07) is 17.8. The quantitative estimate of drug-likeness (QED) is 0.772. The Bertz CT molecular complexity index is 740. The van der Waals surface area contributed by atoms with Crippen LogP contribution in [-0.4, -0.2) is 52.8 Å². The van der Waals surface area contributed by atoms with Crippen molar-refractivity contribution >= 4 is 11.6 Å². The van der Waals surface area contributed by atoms with Crippen LogP contribution in [0.25, 0.3) is 0 Å². The van der Waals surface area contributed by atoms with Gasteiger partial charge in [0.1, 0.15) is 5.75 Å². The van der Waals surface area contributed by atoms with E-state index in [1.807, 2.05) is 47.4 Å². The second kappa shape index (κ2) is 9.71. The molecule has 28 heavy (non-hydrogen) atoms. The molecule has 0 bridgehead atoms. The Hall–Kier alpha value is -2.37. The lowest BCUT2D eigenvalue weighted by atomic mass is 9.98. The van der Waals surface area contributed by atoms with Crippen molar-refractivity contribution in [2.24, 2.45) is 0 Å². The molecule has 2 aromatic rings. The molecule has 1 atom stereocenters. The molecule has 0 aromatic heterocycles. The molecule has 1 aliphatic heterocycles. The highest BCUT2D eigenvalue weighted by Crippen LogP contribution is 2.26. The first-order chi connectivity index (χ1) is 13.6. The Morgan fingerprint density at radius 3 is 2.36 bits per heavy atom. The van der Waals surface area contributed by atoms with E-state index in [1.165, 1.54) is 5.56 Å². The maximum atomic E-state index is 12.7. The van der Waals surface area contributed by atoms with E-state index in [2.05, 4.69) is 11.8 Å². The van der Waals surface area contributed by atoms with E-state index in [0.29, 0.717) is 11.8 Å². The number of anilines is 1. The summed E-state index contributed by atoms with van der Waals surface area (Å²) < 4.78 is 0. The number of aliphatic hydroxyl groups is 1. The van der Waals surface area contributed by atoms with Crippen molar-refractivity contribution in [1.29, 1.82) is 0 Å². The van der Waals surface area contributed by atoms with Gasteiger partial charge in [-0.05, 0) is 56.0 Å². The molecule has 5 heteroatoms. The van der Waals surface area contributed by atoms with Crippen LogP contribution in [0, 0.1) is 0 Å². The minimum atomic E-state index is -0.120. The van der Waals surface area contributed by atoms with Crippen molar-refractivity contribution in [2.45, 2.75) is 44.7 Å². The zero-order valence-corrected chi connectivity index (χ0v) is 16.5. The van der Waals surface area contributed by atoms with Crippen LogP contribution in [0.4, 0.5) is 5.69 Å². The lowest BCUT2D eigenvalue weighted by Gasteiger charge is -2.41. The predicted octanol–water partition coefficient (Wildman–Crippen LogP) is 3.20. The molecule has 0 spiro atoms. The maximum Gasteiger partial charge on any atom is 0.229 e. The number of hydrogen-bond donors (Lipinski definition) is 2. The fourth-order valence-corrected chi connectivity index (χ4v) is 4.05. The molecule has 1 heterocycles. The Labute approximate surface area is 167 Å². The molecule has 1 aliphatic rings. The van der Waals surface area contributed by atoms with Crippen LogP contribution in [0.5, 0.6) is 5.75 Å². The van der Waals surface area contributed by atoms with E-state index in [4.69, 9.17) is 0 Å². The fraction of sp³-hybridized carbons (Fsp3) is 0.435. The topological polar surface area (TPSA) is 64.0 Å². The molecule has 150 valence electrons. The first kappa shape index (κ1) is 20.4. The van der Waals surface area contributed by atoms with Crippen molar-refractivity contribution in [2.75, 3.05) is 24.6 Å². The van der Waals surface area contributed by atoms with Crippen LogP contribution in [-0.2, 0) is 11.2 Å². The first-order valence-corrected chi connectivity index (χ1v) is 10.1. The largest absolute Gasteiger partial charge is 0.508 e. The van der Waals surface area contributed by atoms with E-state index in [1.54, 1.807) is 12.1 Å². The average molecular weight is 383 g/mol. The second-order valence-electron chi connectivity index (χ2n) is 7.56. The fourth-order valence-electron chi connectivity index (χ4n) is 4.05. The molecular weight excluding hydrogens is 352 g/mol. The highest BCUT2D eigenvalue weighted by molar-refractivity contribution is 5.94. The van der Waals surface area contributed by atoms with Crippen LogP contribution >= 0.6 is 0 Å². The number of hydrogen-bond acceptors (Lipinski definition) is 4. The van der Waals surface area contributed by atoms with E-state index >= 15 is 0 Å². The zero-order valence-electron chi connectivity index (χ0n) is 16.5. The molecule has 1 amide bonds. The number of phenolic OH excluding ortho intramolecular Hbond substituents is 1. The second-order valence-corrected chi connectivity index (χ2v) is 7.56. The molecule has 0 saturated carbocycles. The SMILES string of the molecule is CC(Cc1ccc(O)cc1)N1CCC(N(C(=O)CCO)c2ccccc2)CC1. The van der Waals surface area contributed by atoms with Crippen molar-refractivity contribution < 1.29 is 15.0 Å². The van der Waals surface area contributed by atoms with Crippen LogP contribution < -0.4 is 4.90 Å². The van der Waals surface area contributed by atoms with Gasteiger partial charge in [0.2, 0.25) is 5.91 Å². The van der Waals surface area contributed by atoms with Crippen LogP contribution in [0.2, 0.25) is 0 Å². The number of para-hydroxylation sites is 1. The minimum absolute atomic E-state index is 0.00992. The summed E-state index contributed by atoms with van der Waals surface area (Å²) in [4.78, 5) is 17.0. The number of rotatable bonds is 7. The minimum Gasteiger partial charge on any atom is -0.508 e. The van der Waals surface area contributed by atoms with Gasteiger partial charge in [-0.3, -0.25) is 4.79 Å². The number of piperidine rings is 1. The Morgan fingerprint density at radius 1 is 1.11 bits per heavy atom. The average Bonchev–Trinajstić information content (AvgIpc) is 2.71. The van der Waals surface area contributed by atoms with Gasteiger partial charge in [-0.15, -0.1) is 0 Å². The summed E-state index contributed by atoms with van der Waals surface area (Å²) >= 11 is 0. The van der Waals surface area contributed by atoms with Crippen molar-refractivity contribution in [3.8, 4) is 5.75 Å². The normalized spacial score (nSPS) is 16.6. The Kier molecular flexibility index (Phi) is 7.06. The van der Waals surface area contributed by atoms with Gasteiger partial charge in [0.15, 0.2) is 0 Å². The molecule has 0 aliphatic carbocycles. The third-order valence-corrected chi connectivity index (χ3v) is 5.58. The van der Waals surface area contributed by atoms with Gasteiger partial charge in [0, 0.05) is 30.9 Å². The van der Waals surface area contributed by atoms with E-state index in [0.717, 1.165) is 38.0 Å². The summed E-state index contributed by atoms with van der Waals surface area (Å²) in [6.45, 7) is 4.00. The van der Waals surface area contributed by atoms with Gasteiger partial charge in [0.05, 0.1) is 13.0 Å². The molecular formula is C23H30N2O3. The third-order valence-electron chi connectivity index (χ3n) is 5.58. The molecule has 1 fully saturated rings. The van der Waals surface area contributed by atoms with Crippen LogP contribution in [0.15, 0.2) is 54.6 Å². The van der Waals surface area contributed by atoms with Gasteiger partial charge in [-0.2, -0.15) is 0 Å². The van der Waals surface area contributed by atoms with Gasteiger partial charge >= 0.3 is 0 Å². The highest BCUT2D eigenvalue weighted by atomic mass is 16.3. The van der Waals surface area contributed by atoms with Crippen molar-refractivity contribution in [3.63, 3.8) is 0 Å². The summed E-state index contributed by atoms with van der Waals surface area (Å²) in [7, 11) is 0. The number of aliphatic hydroxyl groups excluding tert-OH is 1. The number of benzene rings is 2. The molecule has 2 aromatic carbocycles. The van der Waals surface area contributed by atoms with Crippen molar-refractivity contribution in [3.05, 3.63) is 60.2 Å². The summed E-state index contributed by atoms with van der Waals surface area (Å²) in [6.07, 6.45) is 2.95. The van der Waals surface area contributed by atoms with Gasteiger partial charge in [-0.25, -0.2) is 0 Å². The lowest BCUT2D eigenvalue weighted by molar-refractivity contribution is -0.119. The lowest BCUT2D eigenvalue weighted by Crippen LogP contribution is -2.50. The third kappa shape index (κ3) is 5.12. The predicted molar refractivity (Wildman–Crippen MR) is 111 cm³/mol. The zero-order chi connectivity index (χ0) is 19.9. The number of carbonyl (C=O) groups is 1. The number of likely N-dealkylation sites (tertiary alicyclic amines) is 1.